The lowest BCUT2D eigenvalue weighted by molar-refractivity contribution is -0.127. The molecule has 2 amide bonds. The van der Waals surface area contributed by atoms with Gasteiger partial charge in [-0.1, -0.05) is 11.6 Å². The maximum absolute atomic E-state index is 13.4. The summed E-state index contributed by atoms with van der Waals surface area (Å²) in [6, 6.07) is 5.95. The van der Waals surface area contributed by atoms with E-state index >= 15 is 0 Å². The molecule has 0 bridgehead atoms. The summed E-state index contributed by atoms with van der Waals surface area (Å²) in [5.74, 6) is -0.581. The molecule has 32 heavy (non-hydrogen) atoms. The van der Waals surface area contributed by atoms with Gasteiger partial charge in [0.2, 0.25) is 5.91 Å². The van der Waals surface area contributed by atoms with Crippen LogP contribution in [-0.2, 0) is 4.79 Å². The van der Waals surface area contributed by atoms with Crippen molar-refractivity contribution in [3.05, 3.63) is 58.8 Å². The highest BCUT2D eigenvalue weighted by atomic mass is 35.5. The van der Waals surface area contributed by atoms with Crippen molar-refractivity contribution in [2.75, 3.05) is 11.4 Å². The van der Waals surface area contributed by atoms with Gasteiger partial charge in [0.15, 0.2) is 5.65 Å². The number of rotatable bonds is 3. The number of nitrogens with one attached hydrogen (secondary N) is 1. The fourth-order valence-corrected chi connectivity index (χ4v) is 5.18. The summed E-state index contributed by atoms with van der Waals surface area (Å²) in [5, 5.41) is 7.54. The first-order chi connectivity index (χ1) is 15.4. The standard InChI is InChI=1S/C23H23ClFN5O2/c1-14-6-10-30-20(27-14)17(13-26-30)21(31)28-16-4-7-23(8-5-16)9-11-29(22(23)32)19-3-2-15(25)12-18(19)24/h2-3,6,10,12-13,16H,4-5,7-9,11H2,1H3,(H,28,31)/t16-,23-. The zero-order valence-electron chi connectivity index (χ0n) is 17.6. The molecule has 1 saturated heterocycles. The molecule has 166 valence electrons. The van der Waals surface area contributed by atoms with Crippen LogP contribution < -0.4 is 10.2 Å². The van der Waals surface area contributed by atoms with E-state index in [1.54, 1.807) is 21.7 Å². The van der Waals surface area contributed by atoms with E-state index in [9.17, 15) is 14.0 Å². The van der Waals surface area contributed by atoms with Crippen LogP contribution in [0.2, 0.25) is 5.02 Å². The summed E-state index contributed by atoms with van der Waals surface area (Å²) in [6.45, 7) is 2.44. The lowest BCUT2D eigenvalue weighted by Crippen LogP contribution is -2.44. The van der Waals surface area contributed by atoms with Crippen molar-refractivity contribution in [1.29, 1.82) is 0 Å². The van der Waals surface area contributed by atoms with Crippen molar-refractivity contribution in [2.45, 2.75) is 45.1 Å². The molecule has 7 nitrogen and oxygen atoms in total. The molecule has 2 fully saturated rings. The first-order valence-electron chi connectivity index (χ1n) is 10.8. The number of amides is 2. The fourth-order valence-electron chi connectivity index (χ4n) is 4.91. The second-order valence-corrected chi connectivity index (χ2v) is 9.13. The normalized spacial score (nSPS) is 23.3. The molecule has 0 atom stereocenters. The van der Waals surface area contributed by atoms with E-state index in [0.29, 0.717) is 49.1 Å². The Kier molecular flexibility index (Phi) is 5.12. The maximum Gasteiger partial charge on any atom is 0.256 e. The number of halogens is 2. The van der Waals surface area contributed by atoms with Gasteiger partial charge >= 0.3 is 0 Å². The van der Waals surface area contributed by atoms with Gasteiger partial charge in [-0.05, 0) is 63.3 Å². The number of fused-ring (bicyclic) bond motifs is 1. The third-order valence-electron chi connectivity index (χ3n) is 6.74. The number of nitrogens with zero attached hydrogens (tertiary/aromatic N) is 4. The largest absolute Gasteiger partial charge is 0.349 e. The molecule has 9 heteroatoms. The van der Waals surface area contributed by atoms with Crippen molar-refractivity contribution >= 4 is 34.7 Å². The molecule has 1 aliphatic heterocycles. The van der Waals surface area contributed by atoms with E-state index < -0.39 is 11.2 Å². The summed E-state index contributed by atoms with van der Waals surface area (Å²) in [5.41, 5.74) is 1.91. The first-order valence-corrected chi connectivity index (χ1v) is 11.1. The van der Waals surface area contributed by atoms with Crippen LogP contribution in [0.4, 0.5) is 10.1 Å². The second-order valence-electron chi connectivity index (χ2n) is 8.73. The van der Waals surface area contributed by atoms with Crippen LogP contribution >= 0.6 is 11.6 Å². The number of hydrogen-bond donors (Lipinski definition) is 1. The van der Waals surface area contributed by atoms with E-state index in [4.69, 9.17) is 11.6 Å². The molecule has 1 saturated carbocycles. The molecule has 2 aliphatic rings. The Balaban J connectivity index is 1.25. The number of hydrogen-bond acceptors (Lipinski definition) is 4. The van der Waals surface area contributed by atoms with Gasteiger partial charge in [0.05, 0.1) is 22.3 Å². The Morgan fingerprint density at radius 3 is 2.78 bits per heavy atom. The number of aromatic nitrogens is 3. The molecule has 3 aromatic rings. The summed E-state index contributed by atoms with van der Waals surface area (Å²) in [6.07, 6.45) is 6.87. The van der Waals surface area contributed by atoms with Crippen molar-refractivity contribution in [1.82, 2.24) is 19.9 Å². The summed E-state index contributed by atoms with van der Waals surface area (Å²) < 4.78 is 15.0. The van der Waals surface area contributed by atoms with Gasteiger partial charge in [0, 0.05) is 24.5 Å². The summed E-state index contributed by atoms with van der Waals surface area (Å²) in [7, 11) is 0. The van der Waals surface area contributed by atoms with Crippen LogP contribution in [0.3, 0.4) is 0 Å². The number of carbonyl (C=O) groups excluding carboxylic acids is 2. The van der Waals surface area contributed by atoms with Crippen LogP contribution in [0.15, 0.2) is 36.7 Å². The average molecular weight is 456 g/mol. The predicted octanol–water partition coefficient (Wildman–Crippen LogP) is 3.93. The number of aryl methyl sites for hydroxylation is 1. The molecule has 1 N–H and O–H groups in total. The lowest BCUT2D eigenvalue weighted by Gasteiger charge is -2.36. The van der Waals surface area contributed by atoms with Gasteiger partial charge in [0.1, 0.15) is 11.4 Å². The molecule has 2 aromatic heterocycles. The molecule has 1 aliphatic carbocycles. The molecular weight excluding hydrogens is 433 g/mol. The SMILES string of the molecule is Cc1ccn2ncc(C(=O)N[C@H]3CC[C@@]4(CCN(c5ccc(F)cc5Cl)C4=O)CC3)c2n1. The predicted molar refractivity (Wildman–Crippen MR) is 118 cm³/mol. The van der Waals surface area contributed by atoms with Gasteiger partial charge in [-0.3, -0.25) is 9.59 Å². The van der Waals surface area contributed by atoms with Crippen LogP contribution in [0.1, 0.15) is 48.2 Å². The van der Waals surface area contributed by atoms with E-state index in [-0.39, 0.29) is 22.9 Å². The Morgan fingerprint density at radius 1 is 1.25 bits per heavy atom. The van der Waals surface area contributed by atoms with Crippen LogP contribution in [-0.4, -0.2) is 39.0 Å². The van der Waals surface area contributed by atoms with Gasteiger partial charge < -0.3 is 10.2 Å². The monoisotopic (exact) mass is 455 g/mol. The smallest absolute Gasteiger partial charge is 0.256 e. The topological polar surface area (TPSA) is 79.6 Å². The zero-order chi connectivity index (χ0) is 22.5. The Morgan fingerprint density at radius 2 is 2.03 bits per heavy atom. The molecule has 0 unspecified atom stereocenters. The van der Waals surface area contributed by atoms with Crippen molar-refractivity contribution in [3.8, 4) is 0 Å². The number of benzene rings is 1. The minimum absolute atomic E-state index is 0.0101. The number of anilines is 1. The minimum Gasteiger partial charge on any atom is -0.349 e. The second kappa shape index (κ2) is 7.85. The average Bonchev–Trinajstić information content (AvgIpc) is 3.32. The third kappa shape index (κ3) is 3.52. The van der Waals surface area contributed by atoms with E-state index in [0.717, 1.165) is 12.1 Å². The molecule has 3 heterocycles. The molecule has 1 spiro atoms. The van der Waals surface area contributed by atoms with Crippen LogP contribution in [0.25, 0.3) is 5.65 Å². The minimum atomic E-state index is -0.442. The molecule has 1 aromatic carbocycles. The highest BCUT2D eigenvalue weighted by Gasteiger charge is 2.49. The summed E-state index contributed by atoms with van der Waals surface area (Å²) in [4.78, 5) is 32.2. The van der Waals surface area contributed by atoms with Crippen LogP contribution in [0.5, 0.6) is 0 Å². The number of carbonyl (C=O) groups is 2. The summed E-state index contributed by atoms with van der Waals surface area (Å²) >= 11 is 6.19. The molecule has 0 radical (unpaired) electrons. The molecular formula is C23H23ClFN5O2. The van der Waals surface area contributed by atoms with Crippen molar-refractivity contribution < 1.29 is 14.0 Å². The lowest BCUT2D eigenvalue weighted by atomic mass is 9.71. The zero-order valence-corrected chi connectivity index (χ0v) is 18.4. The van der Waals surface area contributed by atoms with E-state index in [2.05, 4.69) is 15.4 Å². The van der Waals surface area contributed by atoms with Crippen LogP contribution in [0, 0.1) is 18.2 Å². The molecule has 5 rings (SSSR count). The van der Waals surface area contributed by atoms with Crippen molar-refractivity contribution in [3.63, 3.8) is 0 Å². The van der Waals surface area contributed by atoms with E-state index in [1.807, 2.05) is 13.0 Å². The first kappa shape index (κ1) is 20.9. The van der Waals surface area contributed by atoms with Gasteiger partial charge in [0.25, 0.3) is 5.91 Å². The Labute approximate surface area is 189 Å². The highest BCUT2D eigenvalue weighted by Crippen LogP contribution is 2.47. The quantitative estimate of drug-likeness (QED) is 0.649. The Hall–Kier alpha value is -3.00. The maximum atomic E-state index is 13.4. The Bertz CT molecular complexity index is 1220. The van der Waals surface area contributed by atoms with Gasteiger partial charge in [-0.15, -0.1) is 0 Å². The van der Waals surface area contributed by atoms with Gasteiger partial charge in [-0.2, -0.15) is 5.10 Å². The highest BCUT2D eigenvalue weighted by molar-refractivity contribution is 6.34. The van der Waals surface area contributed by atoms with Crippen molar-refractivity contribution in [2.24, 2.45) is 5.41 Å². The fraction of sp³-hybridized carbons (Fsp3) is 0.391. The van der Waals surface area contributed by atoms with Gasteiger partial charge in [-0.25, -0.2) is 13.9 Å². The third-order valence-corrected chi connectivity index (χ3v) is 7.05. The van der Waals surface area contributed by atoms with E-state index in [1.165, 1.54) is 18.3 Å².